The highest BCUT2D eigenvalue weighted by molar-refractivity contribution is 5.75. The van der Waals surface area contributed by atoms with Gasteiger partial charge in [0.25, 0.3) is 0 Å². The molecule has 0 spiro atoms. The zero-order chi connectivity index (χ0) is 11.8. The lowest BCUT2D eigenvalue weighted by atomic mass is 10.2. The molecule has 4 N–H and O–H groups in total. The van der Waals surface area contributed by atoms with Crippen molar-refractivity contribution in [3.8, 4) is 11.3 Å². The molecular formula is C12H11N5. The zero-order valence-electron chi connectivity index (χ0n) is 9.04. The number of aromatic nitrogens is 3. The van der Waals surface area contributed by atoms with Crippen LogP contribution in [0.3, 0.4) is 0 Å². The summed E-state index contributed by atoms with van der Waals surface area (Å²) >= 11 is 0. The molecule has 0 aliphatic rings. The van der Waals surface area contributed by atoms with E-state index in [0.29, 0.717) is 11.5 Å². The fraction of sp³-hybridized carbons (Fsp3) is 0. The number of fused-ring (bicyclic) bond motifs is 1. The number of nitrogen functional groups attached to an aromatic ring is 2. The van der Waals surface area contributed by atoms with E-state index in [9.17, 15) is 0 Å². The van der Waals surface area contributed by atoms with Crippen molar-refractivity contribution in [2.75, 3.05) is 11.5 Å². The van der Waals surface area contributed by atoms with E-state index in [1.54, 1.807) is 24.7 Å². The monoisotopic (exact) mass is 225 g/mol. The van der Waals surface area contributed by atoms with Crippen LogP contribution < -0.4 is 11.5 Å². The normalized spacial score (nSPS) is 10.8. The molecule has 0 aliphatic heterocycles. The third kappa shape index (κ3) is 1.48. The van der Waals surface area contributed by atoms with Crippen molar-refractivity contribution in [2.45, 2.75) is 0 Å². The van der Waals surface area contributed by atoms with Gasteiger partial charge in [0.1, 0.15) is 5.65 Å². The molecule has 0 bridgehead atoms. The van der Waals surface area contributed by atoms with Crippen molar-refractivity contribution < 1.29 is 0 Å². The molecule has 3 rings (SSSR count). The third-order valence-corrected chi connectivity index (χ3v) is 2.60. The summed E-state index contributed by atoms with van der Waals surface area (Å²) in [5.41, 5.74) is 14.9. The molecule has 3 aromatic rings. The first-order valence-electron chi connectivity index (χ1n) is 5.19. The summed E-state index contributed by atoms with van der Waals surface area (Å²) < 4.78 is 1.88. The summed E-state index contributed by atoms with van der Waals surface area (Å²) in [5.74, 6) is 0.476. The summed E-state index contributed by atoms with van der Waals surface area (Å²) in [4.78, 5) is 8.37. The van der Waals surface area contributed by atoms with E-state index < -0.39 is 0 Å². The average Bonchev–Trinajstić information content (AvgIpc) is 2.65. The van der Waals surface area contributed by atoms with Gasteiger partial charge >= 0.3 is 0 Å². The fourth-order valence-electron chi connectivity index (χ4n) is 1.87. The molecule has 5 heteroatoms. The van der Waals surface area contributed by atoms with E-state index >= 15 is 0 Å². The van der Waals surface area contributed by atoms with E-state index in [0.717, 1.165) is 16.9 Å². The highest BCUT2D eigenvalue weighted by atomic mass is 15.1. The summed E-state index contributed by atoms with van der Waals surface area (Å²) in [5, 5.41) is 0. The largest absolute Gasteiger partial charge is 0.398 e. The lowest BCUT2D eigenvalue weighted by Crippen LogP contribution is -1.94. The summed E-state index contributed by atoms with van der Waals surface area (Å²) in [6.45, 7) is 0. The van der Waals surface area contributed by atoms with Crippen LogP contribution in [0.15, 0.2) is 42.9 Å². The Bertz CT molecular complexity index is 672. The van der Waals surface area contributed by atoms with Crippen LogP contribution in [0.1, 0.15) is 0 Å². The maximum absolute atomic E-state index is 5.93. The third-order valence-electron chi connectivity index (χ3n) is 2.60. The molecule has 0 aromatic carbocycles. The maximum atomic E-state index is 5.93. The highest BCUT2D eigenvalue weighted by Crippen LogP contribution is 2.26. The Kier molecular flexibility index (Phi) is 1.98. The Morgan fingerprint density at radius 2 is 2.00 bits per heavy atom. The first-order valence-corrected chi connectivity index (χ1v) is 5.19. The smallest absolute Gasteiger partial charge is 0.150 e. The molecule has 84 valence electrons. The van der Waals surface area contributed by atoms with Crippen molar-refractivity contribution in [2.24, 2.45) is 0 Å². The average molecular weight is 225 g/mol. The van der Waals surface area contributed by atoms with Crippen LogP contribution in [0.25, 0.3) is 16.9 Å². The number of nitrogens with zero attached hydrogens (tertiary/aromatic N) is 3. The van der Waals surface area contributed by atoms with Gasteiger partial charge in [-0.2, -0.15) is 0 Å². The molecule has 3 heterocycles. The van der Waals surface area contributed by atoms with Crippen LogP contribution in [0.2, 0.25) is 0 Å². The Morgan fingerprint density at radius 3 is 2.76 bits per heavy atom. The number of pyridine rings is 2. The van der Waals surface area contributed by atoms with E-state index in [1.165, 1.54) is 0 Å². The van der Waals surface area contributed by atoms with Gasteiger partial charge in [-0.3, -0.25) is 9.38 Å². The molecule has 5 nitrogen and oxygen atoms in total. The minimum atomic E-state index is 0.476. The van der Waals surface area contributed by atoms with Gasteiger partial charge in [0, 0.05) is 29.8 Å². The van der Waals surface area contributed by atoms with Crippen LogP contribution in [-0.2, 0) is 0 Å². The van der Waals surface area contributed by atoms with Crippen LogP contribution in [-0.4, -0.2) is 14.4 Å². The van der Waals surface area contributed by atoms with Crippen LogP contribution >= 0.6 is 0 Å². The molecule has 0 unspecified atom stereocenters. The molecule has 17 heavy (non-hydrogen) atoms. The van der Waals surface area contributed by atoms with Crippen molar-refractivity contribution in [1.82, 2.24) is 14.4 Å². The van der Waals surface area contributed by atoms with Crippen LogP contribution in [0.5, 0.6) is 0 Å². The second-order valence-electron chi connectivity index (χ2n) is 3.78. The zero-order valence-corrected chi connectivity index (χ0v) is 9.04. The predicted molar refractivity (Wildman–Crippen MR) is 67.2 cm³/mol. The lowest BCUT2D eigenvalue weighted by molar-refractivity contribution is 1.19. The van der Waals surface area contributed by atoms with Crippen LogP contribution in [0.4, 0.5) is 11.5 Å². The lowest BCUT2D eigenvalue weighted by Gasteiger charge is -2.03. The highest BCUT2D eigenvalue weighted by Gasteiger charge is 2.11. The van der Waals surface area contributed by atoms with E-state index in [2.05, 4.69) is 9.97 Å². The van der Waals surface area contributed by atoms with E-state index in [1.807, 2.05) is 22.6 Å². The maximum Gasteiger partial charge on any atom is 0.150 e. The standard InChI is InChI=1S/C12H11N5/c13-9-3-4-10-16-12(14)11(17(10)7-9)8-2-1-5-15-6-8/h1-7H,13-14H2. The summed E-state index contributed by atoms with van der Waals surface area (Å²) in [7, 11) is 0. The van der Waals surface area contributed by atoms with E-state index in [4.69, 9.17) is 11.5 Å². The van der Waals surface area contributed by atoms with Gasteiger partial charge in [0.2, 0.25) is 0 Å². The molecule has 0 aliphatic carbocycles. The van der Waals surface area contributed by atoms with Gasteiger partial charge in [-0.1, -0.05) is 0 Å². The number of rotatable bonds is 1. The van der Waals surface area contributed by atoms with Gasteiger partial charge in [-0.05, 0) is 24.3 Å². The van der Waals surface area contributed by atoms with Crippen molar-refractivity contribution in [1.29, 1.82) is 0 Å². The summed E-state index contributed by atoms with van der Waals surface area (Å²) in [6, 6.07) is 7.44. The Hall–Kier alpha value is -2.56. The van der Waals surface area contributed by atoms with E-state index in [-0.39, 0.29) is 0 Å². The molecule has 0 fully saturated rings. The first-order chi connectivity index (χ1) is 8.25. The minimum absolute atomic E-state index is 0.476. The Labute approximate surface area is 97.7 Å². The number of hydrogen-bond acceptors (Lipinski definition) is 4. The van der Waals surface area contributed by atoms with Crippen molar-refractivity contribution in [3.05, 3.63) is 42.9 Å². The number of imidazole rings is 1. The van der Waals surface area contributed by atoms with Gasteiger partial charge < -0.3 is 11.5 Å². The number of hydrogen-bond donors (Lipinski definition) is 2. The topological polar surface area (TPSA) is 82.2 Å². The SMILES string of the molecule is Nc1ccc2nc(N)c(-c3cccnc3)n2c1. The van der Waals surface area contributed by atoms with Gasteiger partial charge in [-0.15, -0.1) is 0 Å². The molecule has 0 radical (unpaired) electrons. The van der Waals surface area contributed by atoms with Crippen molar-refractivity contribution >= 4 is 17.2 Å². The Morgan fingerprint density at radius 1 is 1.12 bits per heavy atom. The Balaban J connectivity index is 2.35. The van der Waals surface area contributed by atoms with Gasteiger partial charge in [0.15, 0.2) is 5.82 Å². The number of anilines is 2. The van der Waals surface area contributed by atoms with Crippen LogP contribution in [0, 0.1) is 0 Å². The predicted octanol–water partition coefficient (Wildman–Crippen LogP) is 1.56. The molecule has 0 saturated carbocycles. The molecule has 0 atom stereocenters. The quantitative estimate of drug-likeness (QED) is 0.658. The molecular weight excluding hydrogens is 214 g/mol. The summed E-state index contributed by atoms with van der Waals surface area (Å²) in [6.07, 6.45) is 5.28. The molecule has 0 amide bonds. The van der Waals surface area contributed by atoms with Gasteiger partial charge in [0.05, 0.1) is 5.69 Å². The second-order valence-corrected chi connectivity index (χ2v) is 3.78. The molecule has 0 saturated heterocycles. The fourth-order valence-corrected chi connectivity index (χ4v) is 1.87. The minimum Gasteiger partial charge on any atom is -0.398 e. The first kappa shape index (κ1) is 9.65. The second kappa shape index (κ2) is 3.48. The van der Waals surface area contributed by atoms with Crippen molar-refractivity contribution in [3.63, 3.8) is 0 Å². The number of nitrogens with two attached hydrogens (primary N) is 2. The van der Waals surface area contributed by atoms with Gasteiger partial charge in [-0.25, -0.2) is 4.98 Å². The molecule has 3 aromatic heterocycles.